The minimum Gasteiger partial charge on any atom is -0.388 e. The lowest BCUT2D eigenvalue weighted by Crippen LogP contribution is -2.27. The van der Waals surface area contributed by atoms with Gasteiger partial charge in [0.1, 0.15) is 0 Å². The molecule has 0 aromatic heterocycles. The highest BCUT2D eigenvalue weighted by atomic mass is 79.9. The zero-order valence-corrected chi connectivity index (χ0v) is 11.7. The van der Waals surface area contributed by atoms with Gasteiger partial charge >= 0.3 is 0 Å². The molecule has 18 heavy (non-hydrogen) atoms. The molecule has 0 aliphatic heterocycles. The van der Waals surface area contributed by atoms with Crippen molar-refractivity contribution in [1.29, 1.82) is 0 Å². The van der Waals surface area contributed by atoms with E-state index in [0.29, 0.717) is 12.8 Å². The highest BCUT2D eigenvalue weighted by Gasteiger charge is 2.36. The summed E-state index contributed by atoms with van der Waals surface area (Å²) in [5, 5.41) is 10.1. The molecule has 0 bridgehead atoms. The minimum atomic E-state index is -2.54. The van der Waals surface area contributed by atoms with Gasteiger partial charge in [0.2, 0.25) is 5.92 Å². The zero-order chi connectivity index (χ0) is 13.2. The van der Waals surface area contributed by atoms with Crippen LogP contribution < -0.4 is 0 Å². The van der Waals surface area contributed by atoms with Crippen LogP contribution in [0.3, 0.4) is 0 Å². The van der Waals surface area contributed by atoms with Crippen LogP contribution in [0.5, 0.6) is 0 Å². The number of benzene rings is 1. The summed E-state index contributed by atoms with van der Waals surface area (Å²) in [4.78, 5) is 0. The Labute approximate surface area is 114 Å². The van der Waals surface area contributed by atoms with Gasteiger partial charge in [-0.2, -0.15) is 0 Å². The first kappa shape index (κ1) is 13.9. The van der Waals surface area contributed by atoms with Crippen molar-refractivity contribution in [3.63, 3.8) is 0 Å². The number of alkyl halides is 2. The number of aliphatic hydroxyl groups excluding tert-OH is 1. The highest BCUT2D eigenvalue weighted by Crippen LogP contribution is 2.40. The number of hydrogen-bond acceptors (Lipinski definition) is 1. The van der Waals surface area contributed by atoms with Gasteiger partial charge in [-0.3, -0.25) is 0 Å². The standard InChI is InChI=1S/C14H17BrF2O/c15-12-5-1-4-11(8-12)13(18)7-10-3-2-6-14(16,17)9-10/h1,4-5,8,10,13,18H,2-3,6-7,9H2. The number of halogens is 3. The van der Waals surface area contributed by atoms with E-state index in [4.69, 9.17) is 0 Å². The predicted octanol–water partition coefficient (Wildman–Crippen LogP) is 4.70. The van der Waals surface area contributed by atoms with Crippen LogP contribution in [0.2, 0.25) is 0 Å². The second-order valence-electron chi connectivity index (χ2n) is 5.12. The Morgan fingerprint density at radius 2 is 2.22 bits per heavy atom. The van der Waals surface area contributed by atoms with E-state index in [1.807, 2.05) is 24.3 Å². The van der Waals surface area contributed by atoms with Crippen LogP contribution in [0.1, 0.15) is 43.8 Å². The van der Waals surface area contributed by atoms with Crippen molar-refractivity contribution in [2.45, 2.75) is 44.1 Å². The fourth-order valence-corrected chi connectivity index (χ4v) is 3.06. The van der Waals surface area contributed by atoms with Crippen LogP contribution in [0.15, 0.2) is 28.7 Å². The van der Waals surface area contributed by atoms with Crippen LogP contribution >= 0.6 is 15.9 Å². The van der Waals surface area contributed by atoms with Gasteiger partial charge in [-0.25, -0.2) is 8.78 Å². The lowest BCUT2D eigenvalue weighted by atomic mass is 9.82. The zero-order valence-electron chi connectivity index (χ0n) is 10.1. The summed E-state index contributed by atoms with van der Waals surface area (Å²) in [6.07, 6.45) is 1.03. The van der Waals surface area contributed by atoms with Crippen LogP contribution in [-0.2, 0) is 0 Å². The third-order valence-corrected chi connectivity index (χ3v) is 4.03. The summed E-state index contributed by atoms with van der Waals surface area (Å²) in [6.45, 7) is 0. The Bertz CT molecular complexity index is 409. The largest absolute Gasteiger partial charge is 0.388 e. The normalized spacial score (nSPS) is 24.8. The molecule has 0 radical (unpaired) electrons. The molecule has 100 valence electrons. The molecule has 1 aromatic rings. The van der Waals surface area contributed by atoms with Crippen LogP contribution in [0, 0.1) is 5.92 Å². The molecule has 2 unspecified atom stereocenters. The van der Waals surface area contributed by atoms with Gasteiger partial charge in [-0.1, -0.05) is 28.1 Å². The van der Waals surface area contributed by atoms with Crippen LogP contribution in [0.25, 0.3) is 0 Å². The van der Waals surface area contributed by atoms with Crippen molar-refractivity contribution < 1.29 is 13.9 Å². The van der Waals surface area contributed by atoms with Crippen molar-refractivity contribution in [2.75, 3.05) is 0 Å². The second kappa shape index (κ2) is 5.66. The third kappa shape index (κ3) is 3.75. The average Bonchev–Trinajstić information content (AvgIpc) is 2.27. The van der Waals surface area contributed by atoms with E-state index in [9.17, 15) is 13.9 Å². The molecule has 0 amide bonds. The van der Waals surface area contributed by atoms with Crippen molar-refractivity contribution in [3.05, 3.63) is 34.3 Å². The Hall–Kier alpha value is -0.480. The number of aliphatic hydroxyl groups is 1. The average molecular weight is 319 g/mol. The first-order valence-corrected chi connectivity index (χ1v) is 7.07. The van der Waals surface area contributed by atoms with E-state index in [0.717, 1.165) is 16.5 Å². The Morgan fingerprint density at radius 1 is 1.44 bits per heavy atom. The molecular formula is C14H17BrF2O. The maximum atomic E-state index is 13.3. The van der Waals surface area contributed by atoms with Crippen molar-refractivity contribution in [3.8, 4) is 0 Å². The Morgan fingerprint density at radius 3 is 2.89 bits per heavy atom. The predicted molar refractivity (Wildman–Crippen MR) is 70.6 cm³/mol. The van der Waals surface area contributed by atoms with E-state index in [-0.39, 0.29) is 18.8 Å². The maximum Gasteiger partial charge on any atom is 0.248 e. The molecular weight excluding hydrogens is 302 g/mol. The molecule has 1 aliphatic rings. The molecule has 4 heteroatoms. The molecule has 2 rings (SSSR count). The molecule has 0 heterocycles. The summed E-state index contributed by atoms with van der Waals surface area (Å²) >= 11 is 3.34. The molecule has 2 atom stereocenters. The summed E-state index contributed by atoms with van der Waals surface area (Å²) in [5.41, 5.74) is 0.790. The molecule has 1 N–H and O–H groups in total. The molecule has 1 fully saturated rings. The number of hydrogen-bond donors (Lipinski definition) is 1. The van der Waals surface area contributed by atoms with Crippen molar-refractivity contribution >= 4 is 15.9 Å². The van der Waals surface area contributed by atoms with Gasteiger partial charge in [0.05, 0.1) is 6.10 Å². The molecule has 1 aliphatic carbocycles. The van der Waals surface area contributed by atoms with E-state index < -0.39 is 12.0 Å². The maximum absolute atomic E-state index is 13.3. The first-order chi connectivity index (χ1) is 8.46. The van der Waals surface area contributed by atoms with E-state index >= 15 is 0 Å². The van der Waals surface area contributed by atoms with Crippen LogP contribution in [0.4, 0.5) is 8.78 Å². The van der Waals surface area contributed by atoms with Gasteiger partial charge in [0, 0.05) is 17.3 Å². The van der Waals surface area contributed by atoms with Crippen LogP contribution in [-0.4, -0.2) is 11.0 Å². The van der Waals surface area contributed by atoms with Gasteiger partial charge in [-0.05, 0) is 42.9 Å². The summed E-state index contributed by atoms with van der Waals surface area (Å²) in [5.74, 6) is -2.62. The topological polar surface area (TPSA) is 20.2 Å². The van der Waals surface area contributed by atoms with E-state index in [1.54, 1.807) is 0 Å². The molecule has 1 aromatic carbocycles. The number of rotatable bonds is 3. The SMILES string of the molecule is OC(CC1CCCC(F)(F)C1)c1cccc(Br)c1. The Balaban J connectivity index is 1.97. The van der Waals surface area contributed by atoms with E-state index in [1.165, 1.54) is 0 Å². The van der Waals surface area contributed by atoms with Crippen molar-refractivity contribution in [1.82, 2.24) is 0 Å². The fourth-order valence-electron chi connectivity index (χ4n) is 2.64. The molecule has 1 nitrogen and oxygen atoms in total. The van der Waals surface area contributed by atoms with Gasteiger partial charge in [-0.15, -0.1) is 0 Å². The summed E-state index contributed by atoms with van der Waals surface area (Å²) in [6, 6.07) is 7.39. The highest BCUT2D eigenvalue weighted by molar-refractivity contribution is 9.10. The fraction of sp³-hybridized carbons (Fsp3) is 0.571. The van der Waals surface area contributed by atoms with E-state index in [2.05, 4.69) is 15.9 Å². The second-order valence-corrected chi connectivity index (χ2v) is 6.04. The summed E-state index contributed by atoms with van der Waals surface area (Å²) in [7, 11) is 0. The lowest BCUT2D eigenvalue weighted by molar-refractivity contribution is -0.0590. The monoisotopic (exact) mass is 318 g/mol. The van der Waals surface area contributed by atoms with Gasteiger partial charge < -0.3 is 5.11 Å². The third-order valence-electron chi connectivity index (χ3n) is 3.53. The minimum absolute atomic E-state index is 0.00349. The van der Waals surface area contributed by atoms with Crippen molar-refractivity contribution in [2.24, 2.45) is 5.92 Å². The van der Waals surface area contributed by atoms with Gasteiger partial charge in [0.25, 0.3) is 0 Å². The first-order valence-electron chi connectivity index (χ1n) is 6.28. The molecule has 0 spiro atoms. The quantitative estimate of drug-likeness (QED) is 0.856. The smallest absolute Gasteiger partial charge is 0.248 e. The molecule has 1 saturated carbocycles. The Kier molecular flexibility index (Phi) is 4.38. The van der Waals surface area contributed by atoms with Gasteiger partial charge in [0.15, 0.2) is 0 Å². The summed E-state index contributed by atoms with van der Waals surface area (Å²) < 4.78 is 27.5. The molecule has 0 saturated heterocycles. The lowest BCUT2D eigenvalue weighted by Gasteiger charge is -2.30.